The number of benzene rings is 1. The molecule has 1 rings (SSSR count). The molecule has 0 aliphatic heterocycles. The molecule has 110 valence electrons. The van der Waals surface area contributed by atoms with Gasteiger partial charge in [0.15, 0.2) is 11.6 Å². The van der Waals surface area contributed by atoms with Crippen molar-refractivity contribution in [2.75, 3.05) is 6.61 Å². The lowest BCUT2D eigenvalue weighted by molar-refractivity contribution is -0.385. The van der Waals surface area contributed by atoms with E-state index in [0.29, 0.717) is 12.1 Å². The molecule has 1 aromatic rings. The van der Waals surface area contributed by atoms with Gasteiger partial charge in [0.1, 0.15) is 5.56 Å². The summed E-state index contributed by atoms with van der Waals surface area (Å²) in [5.41, 5.74) is -1.39. The van der Waals surface area contributed by atoms with Crippen molar-refractivity contribution in [1.82, 2.24) is 0 Å². The number of rotatable bonds is 6. The van der Waals surface area contributed by atoms with E-state index in [-0.39, 0.29) is 12.5 Å². The lowest BCUT2D eigenvalue weighted by Gasteiger charge is -2.11. The highest BCUT2D eigenvalue weighted by Crippen LogP contribution is 2.23. The van der Waals surface area contributed by atoms with E-state index < -0.39 is 33.8 Å². The summed E-state index contributed by atoms with van der Waals surface area (Å²) in [5, 5.41) is 10.7. The molecule has 0 fully saturated rings. The molecular weight excluding hydrogens is 272 g/mol. The summed E-state index contributed by atoms with van der Waals surface area (Å²) in [7, 11) is 0. The monoisotopic (exact) mass is 287 g/mol. The summed E-state index contributed by atoms with van der Waals surface area (Å²) in [6.45, 7) is 3.90. The maximum absolute atomic E-state index is 13.1. The molecular formula is C13H15F2NO4. The first-order chi connectivity index (χ1) is 9.36. The highest BCUT2D eigenvalue weighted by atomic mass is 19.2. The molecule has 0 aliphatic rings. The van der Waals surface area contributed by atoms with Crippen LogP contribution in [0.5, 0.6) is 0 Å². The van der Waals surface area contributed by atoms with Crippen LogP contribution < -0.4 is 0 Å². The van der Waals surface area contributed by atoms with Crippen molar-refractivity contribution in [2.45, 2.75) is 26.7 Å². The first-order valence-corrected chi connectivity index (χ1v) is 6.17. The van der Waals surface area contributed by atoms with Crippen LogP contribution >= 0.6 is 0 Å². The van der Waals surface area contributed by atoms with Crippen LogP contribution in [0.2, 0.25) is 0 Å². The van der Waals surface area contributed by atoms with E-state index in [1.807, 2.05) is 13.8 Å². The van der Waals surface area contributed by atoms with Gasteiger partial charge in [-0.1, -0.05) is 20.3 Å². The fraction of sp³-hybridized carbons (Fsp3) is 0.462. The molecule has 0 N–H and O–H groups in total. The molecule has 0 spiro atoms. The van der Waals surface area contributed by atoms with Gasteiger partial charge in [0.2, 0.25) is 0 Å². The normalized spacial score (nSPS) is 12.0. The smallest absolute Gasteiger partial charge is 0.345 e. The van der Waals surface area contributed by atoms with Gasteiger partial charge in [-0.15, -0.1) is 0 Å². The van der Waals surface area contributed by atoms with Gasteiger partial charge in [-0.3, -0.25) is 10.1 Å². The van der Waals surface area contributed by atoms with Gasteiger partial charge in [0.25, 0.3) is 5.69 Å². The minimum atomic E-state index is -1.38. The van der Waals surface area contributed by atoms with Crippen LogP contribution in [-0.4, -0.2) is 17.5 Å². The quantitative estimate of drug-likeness (QED) is 0.456. The Balaban J connectivity index is 2.92. The fourth-order valence-electron chi connectivity index (χ4n) is 1.72. The predicted octanol–water partition coefficient (Wildman–Crippen LogP) is 3.47. The highest BCUT2D eigenvalue weighted by Gasteiger charge is 2.25. The van der Waals surface area contributed by atoms with Gasteiger partial charge in [-0.05, 0) is 18.4 Å². The summed E-state index contributed by atoms with van der Waals surface area (Å²) in [6.07, 6.45) is 1.73. The SMILES string of the molecule is CCCC(C)COC(=O)c1cc(F)c(F)cc1[N+](=O)[O-]. The molecule has 0 radical (unpaired) electrons. The fourth-order valence-corrected chi connectivity index (χ4v) is 1.72. The summed E-state index contributed by atoms with van der Waals surface area (Å²) < 4.78 is 31.0. The van der Waals surface area contributed by atoms with Gasteiger partial charge < -0.3 is 4.74 Å². The van der Waals surface area contributed by atoms with Crippen LogP contribution in [-0.2, 0) is 4.74 Å². The Kier molecular flexibility index (Phi) is 5.54. The Morgan fingerprint density at radius 3 is 2.55 bits per heavy atom. The van der Waals surface area contributed by atoms with E-state index >= 15 is 0 Å². The minimum absolute atomic E-state index is 0.0722. The van der Waals surface area contributed by atoms with E-state index in [1.165, 1.54) is 0 Å². The molecule has 0 heterocycles. The van der Waals surface area contributed by atoms with Crippen molar-refractivity contribution < 1.29 is 23.2 Å². The van der Waals surface area contributed by atoms with Gasteiger partial charge >= 0.3 is 5.97 Å². The third kappa shape index (κ3) is 3.97. The van der Waals surface area contributed by atoms with Gasteiger partial charge in [0.05, 0.1) is 17.6 Å². The van der Waals surface area contributed by atoms with Gasteiger partial charge in [-0.25, -0.2) is 13.6 Å². The van der Waals surface area contributed by atoms with Crippen LogP contribution in [0.25, 0.3) is 0 Å². The van der Waals surface area contributed by atoms with E-state index in [0.717, 1.165) is 12.8 Å². The largest absolute Gasteiger partial charge is 0.462 e. The number of nitrogens with zero attached hydrogens (tertiary/aromatic N) is 1. The second-order valence-electron chi connectivity index (χ2n) is 4.53. The average molecular weight is 287 g/mol. The molecule has 0 saturated heterocycles. The Bertz CT molecular complexity index is 519. The molecule has 0 bridgehead atoms. The summed E-state index contributed by atoms with van der Waals surface area (Å²) >= 11 is 0. The lowest BCUT2D eigenvalue weighted by Crippen LogP contribution is -2.14. The maximum Gasteiger partial charge on any atom is 0.345 e. The Morgan fingerprint density at radius 2 is 2.00 bits per heavy atom. The van der Waals surface area contributed by atoms with Crippen LogP contribution in [0.15, 0.2) is 12.1 Å². The number of nitro groups is 1. The molecule has 0 aliphatic carbocycles. The molecule has 20 heavy (non-hydrogen) atoms. The number of carbonyl (C=O) groups is 1. The van der Waals surface area contributed by atoms with E-state index in [1.54, 1.807) is 0 Å². The number of ether oxygens (including phenoxy) is 1. The molecule has 0 amide bonds. The number of carbonyl (C=O) groups excluding carboxylic acids is 1. The zero-order valence-electron chi connectivity index (χ0n) is 11.2. The van der Waals surface area contributed by atoms with Crippen molar-refractivity contribution in [3.8, 4) is 0 Å². The Labute approximate surface area is 114 Å². The summed E-state index contributed by atoms with van der Waals surface area (Å²) in [4.78, 5) is 21.5. The Morgan fingerprint density at radius 1 is 1.40 bits per heavy atom. The maximum atomic E-state index is 13.1. The number of halogens is 2. The number of nitro benzene ring substituents is 1. The third-order valence-electron chi connectivity index (χ3n) is 2.74. The molecule has 1 atom stereocenters. The second-order valence-corrected chi connectivity index (χ2v) is 4.53. The van der Waals surface area contributed by atoms with Gasteiger partial charge in [0, 0.05) is 0 Å². The van der Waals surface area contributed by atoms with E-state index in [2.05, 4.69) is 0 Å². The van der Waals surface area contributed by atoms with Crippen molar-refractivity contribution in [3.05, 3.63) is 39.4 Å². The highest BCUT2D eigenvalue weighted by molar-refractivity contribution is 5.93. The van der Waals surface area contributed by atoms with Crippen molar-refractivity contribution in [2.24, 2.45) is 5.92 Å². The van der Waals surface area contributed by atoms with Crippen molar-refractivity contribution >= 4 is 11.7 Å². The van der Waals surface area contributed by atoms with Gasteiger partial charge in [-0.2, -0.15) is 0 Å². The van der Waals surface area contributed by atoms with Crippen LogP contribution in [0.4, 0.5) is 14.5 Å². The summed E-state index contributed by atoms with van der Waals surface area (Å²) in [6, 6.07) is 0.863. The topological polar surface area (TPSA) is 69.4 Å². The molecule has 1 unspecified atom stereocenters. The molecule has 1 aromatic carbocycles. The van der Waals surface area contributed by atoms with E-state index in [4.69, 9.17) is 4.74 Å². The molecule has 5 nitrogen and oxygen atoms in total. The lowest BCUT2D eigenvalue weighted by atomic mass is 10.1. The minimum Gasteiger partial charge on any atom is -0.462 e. The zero-order valence-corrected chi connectivity index (χ0v) is 11.2. The number of hydrogen-bond acceptors (Lipinski definition) is 4. The van der Waals surface area contributed by atoms with Crippen LogP contribution in [0.3, 0.4) is 0 Å². The zero-order chi connectivity index (χ0) is 15.3. The standard InChI is InChI=1S/C13H15F2NO4/c1-3-4-8(2)7-20-13(17)9-5-10(14)11(15)6-12(9)16(18)19/h5-6,8H,3-4,7H2,1-2H3. The van der Waals surface area contributed by atoms with E-state index in [9.17, 15) is 23.7 Å². The van der Waals surface area contributed by atoms with Crippen LogP contribution in [0.1, 0.15) is 37.0 Å². The number of esters is 1. The van der Waals surface area contributed by atoms with Crippen molar-refractivity contribution in [1.29, 1.82) is 0 Å². The summed E-state index contributed by atoms with van der Waals surface area (Å²) in [5.74, 6) is -3.65. The third-order valence-corrected chi connectivity index (χ3v) is 2.74. The number of hydrogen-bond donors (Lipinski definition) is 0. The first-order valence-electron chi connectivity index (χ1n) is 6.17. The van der Waals surface area contributed by atoms with Crippen LogP contribution in [0, 0.1) is 27.7 Å². The molecule has 7 heteroatoms. The molecule has 0 saturated carbocycles. The van der Waals surface area contributed by atoms with Crippen molar-refractivity contribution in [3.63, 3.8) is 0 Å². The molecule has 0 aromatic heterocycles. The first kappa shape index (κ1) is 16.0. The Hall–Kier alpha value is -2.05. The second kappa shape index (κ2) is 6.93. The predicted molar refractivity (Wildman–Crippen MR) is 67.4 cm³/mol. The average Bonchev–Trinajstić information content (AvgIpc) is 2.38.